The Labute approximate surface area is 225 Å². The van der Waals surface area contributed by atoms with E-state index in [1.54, 1.807) is 0 Å². The quantitative estimate of drug-likeness (QED) is 0.185. The van der Waals surface area contributed by atoms with E-state index in [0.717, 1.165) is 6.42 Å². The smallest absolute Gasteiger partial charge is 0.0541 e. The van der Waals surface area contributed by atoms with Gasteiger partial charge in [0.1, 0.15) is 0 Å². The molecule has 0 amide bonds. The second-order valence-electron chi connectivity index (χ2n) is 10.4. The number of fused-ring (bicyclic) bond motifs is 6. The fraction of sp³-hybridized carbons (Fsp3) is 0.118. The summed E-state index contributed by atoms with van der Waals surface area (Å²) in [6.45, 7) is 4.70. The predicted octanol–water partition coefficient (Wildman–Crippen LogP) is 9.29. The van der Waals surface area contributed by atoms with Crippen molar-refractivity contribution in [3.63, 3.8) is 0 Å². The van der Waals surface area contributed by atoms with E-state index < -0.39 is 0 Å². The van der Waals surface area contributed by atoms with Crippen molar-refractivity contribution in [3.8, 4) is 16.8 Å². The molecule has 0 saturated heterocycles. The lowest BCUT2D eigenvalue weighted by Gasteiger charge is -2.22. The summed E-state index contributed by atoms with van der Waals surface area (Å²) in [5, 5.41) is 2.62. The molecule has 1 nitrogen and oxygen atoms in total. The third-order valence-electron chi connectivity index (χ3n) is 7.88. The summed E-state index contributed by atoms with van der Waals surface area (Å²) in [5.74, 6) is 0. The number of halogens is 1. The molecule has 2 heteroatoms. The van der Waals surface area contributed by atoms with E-state index in [9.17, 15) is 0 Å². The van der Waals surface area contributed by atoms with Crippen LogP contribution in [-0.4, -0.2) is 4.57 Å². The lowest BCUT2D eigenvalue weighted by atomic mass is 9.82. The number of nitrogens with zero attached hydrogens (tertiary/aromatic N) is 1. The molecule has 0 saturated carbocycles. The molecule has 7 rings (SSSR count). The van der Waals surface area contributed by atoms with Gasteiger partial charge < -0.3 is 4.57 Å². The number of hydrogen-bond donors (Lipinski definition) is 0. The van der Waals surface area contributed by atoms with Crippen molar-refractivity contribution in [1.29, 1.82) is 0 Å². The van der Waals surface area contributed by atoms with Gasteiger partial charge in [-0.1, -0.05) is 80.6 Å². The van der Waals surface area contributed by atoms with Crippen LogP contribution in [0.15, 0.2) is 109 Å². The van der Waals surface area contributed by atoms with Crippen LogP contribution in [0, 0.1) is 3.57 Å². The monoisotopic (exact) mass is 575 g/mol. The Morgan fingerprint density at radius 2 is 1.31 bits per heavy atom. The molecule has 0 fully saturated rings. The first-order valence-electron chi connectivity index (χ1n) is 12.5. The number of aromatic nitrogens is 1. The molecule has 1 aliphatic rings. The lowest BCUT2D eigenvalue weighted by molar-refractivity contribution is 0.660. The standard InChI is InChI=1S/C34H26IN/c1-34(2)30-9-5-3-7-26(30)27-17-16-25(21-31(27)34)36-32-10-6-4-8-28(32)29-20-23(13-18-33(29)36)19-22-11-14-24(35)15-12-22/h3-18,20-21H,19H2,1-2H3. The van der Waals surface area contributed by atoms with E-state index in [-0.39, 0.29) is 5.41 Å². The first-order chi connectivity index (χ1) is 17.5. The summed E-state index contributed by atoms with van der Waals surface area (Å²) in [4.78, 5) is 0. The highest BCUT2D eigenvalue weighted by molar-refractivity contribution is 14.1. The third kappa shape index (κ3) is 3.27. The average Bonchev–Trinajstić information content (AvgIpc) is 3.34. The molecule has 0 aliphatic heterocycles. The van der Waals surface area contributed by atoms with Gasteiger partial charge in [-0.2, -0.15) is 0 Å². The molecule has 0 unspecified atom stereocenters. The Bertz CT molecular complexity index is 1790. The summed E-state index contributed by atoms with van der Waals surface area (Å²) in [7, 11) is 0. The van der Waals surface area contributed by atoms with Crippen molar-refractivity contribution in [2.45, 2.75) is 25.7 Å². The van der Waals surface area contributed by atoms with Gasteiger partial charge in [0.05, 0.1) is 11.0 Å². The Morgan fingerprint density at radius 3 is 2.17 bits per heavy atom. The maximum Gasteiger partial charge on any atom is 0.0541 e. The average molecular weight is 575 g/mol. The van der Waals surface area contributed by atoms with E-state index in [2.05, 4.69) is 150 Å². The number of hydrogen-bond acceptors (Lipinski definition) is 0. The Hall–Kier alpha value is -3.37. The summed E-state index contributed by atoms with van der Waals surface area (Å²) in [6.07, 6.45) is 0.942. The van der Waals surface area contributed by atoms with Crippen LogP contribution in [0.3, 0.4) is 0 Å². The second-order valence-corrected chi connectivity index (χ2v) is 11.7. The number of para-hydroxylation sites is 1. The molecule has 0 bridgehead atoms. The van der Waals surface area contributed by atoms with E-state index in [1.165, 1.54) is 64.4 Å². The van der Waals surface area contributed by atoms with Crippen molar-refractivity contribution in [2.24, 2.45) is 0 Å². The van der Waals surface area contributed by atoms with E-state index in [4.69, 9.17) is 0 Å². The zero-order valence-electron chi connectivity index (χ0n) is 20.4. The predicted molar refractivity (Wildman–Crippen MR) is 160 cm³/mol. The van der Waals surface area contributed by atoms with Crippen LogP contribution in [0.1, 0.15) is 36.1 Å². The van der Waals surface area contributed by atoms with Crippen molar-refractivity contribution in [3.05, 3.63) is 135 Å². The summed E-state index contributed by atoms with van der Waals surface area (Å²) >= 11 is 2.37. The largest absolute Gasteiger partial charge is 0.309 e. The van der Waals surface area contributed by atoms with Gasteiger partial charge in [-0.05, 0) is 105 Å². The number of benzene rings is 5. The highest BCUT2D eigenvalue weighted by Crippen LogP contribution is 2.49. The summed E-state index contributed by atoms with van der Waals surface area (Å²) in [6, 6.07) is 40.5. The first kappa shape index (κ1) is 21.9. The molecular weight excluding hydrogens is 549 g/mol. The molecule has 0 N–H and O–H groups in total. The topological polar surface area (TPSA) is 4.93 Å². The Morgan fingerprint density at radius 1 is 0.611 bits per heavy atom. The van der Waals surface area contributed by atoms with Crippen LogP contribution < -0.4 is 0 Å². The first-order valence-corrected chi connectivity index (χ1v) is 13.6. The van der Waals surface area contributed by atoms with Crippen LogP contribution in [0.4, 0.5) is 0 Å². The van der Waals surface area contributed by atoms with Gasteiger partial charge >= 0.3 is 0 Å². The minimum Gasteiger partial charge on any atom is -0.309 e. The van der Waals surface area contributed by atoms with Gasteiger partial charge in [-0.25, -0.2) is 0 Å². The van der Waals surface area contributed by atoms with E-state index in [0.29, 0.717) is 0 Å². The minimum atomic E-state index is -0.0125. The molecule has 36 heavy (non-hydrogen) atoms. The molecule has 0 atom stereocenters. The zero-order valence-corrected chi connectivity index (χ0v) is 22.6. The molecule has 1 aromatic heterocycles. The van der Waals surface area contributed by atoms with Crippen LogP contribution >= 0.6 is 22.6 Å². The maximum absolute atomic E-state index is 2.44. The minimum absolute atomic E-state index is 0.0125. The van der Waals surface area contributed by atoms with Gasteiger partial charge in [0.25, 0.3) is 0 Å². The summed E-state index contributed by atoms with van der Waals surface area (Å²) < 4.78 is 3.72. The zero-order chi connectivity index (χ0) is 24.4. The Balaban J connectivity index is 1.40. The SMILES string of the molecule is CC1(C)c2ccccc2-c2ccc(-n3c4ccccc4c4cc(Cc5ccc(I)cc5)ccc43)cc21. The van der Waals surface area contributed by atoms with E-state index in [1.807, 2.05) is 0 Å². The fourth-order valence-electron chi connectivity index (χ4n) is 6.08. The normalized spacial score (nSPS) is 13.8. The Kier molecular flexibility index (Phi) is 4.91. The fourth-order valence-corrected chi connectivity index (χ4v) is 6.44. The van der Waals surface area contributed by atoms with Crippen LogP contribution in [0.5, 0.6) is 0 Å². The molecular formula is C34H26IN. The van der Waals surface area contributed by atoms with Gasteiger partial charge in [0.2, 0.25) is 0 Å². The molecule has 6 aromatic rings. The van der Waals surface area contributed by atoms with Gasteiger partial charge in [-0.15, -0.1) is 0 Å². The van der Waals surface area contributed by atoms with Crippen LogP contribution in [0.2, 0.25) is 0 Å². The van der Waals surface area contributed by atoms with E-state index >= 15 is 0 Å². The summed E-state index contributed by atoms with van der Waals surface area (Å²) in [5.41, 5.74) is 12.0. The van der Waals surface area contributed by atoms with Crippen LogP contribution in [-0.2, 0) is 11.8 Å². The van der Waals surface area contributed by atoms with Crippen molar-refractivity contribution < 1.29 is 0 Å². The highest BCUT2D eigenvalue weighted by Gasteiger charge is 2.35. The third-order valence-corrected chi connectivity index (χ3v) is 8.60. The molecule has 174 valence electrons. The maximum atomic E-state index is 2.44. The van der Waals surface area contributed by atoms with Gasteiger partial charge in [-0.3, -0.25) is 0 Å². The number of rotatable bonds is 3. The lowest BCUT2D eigenvalue weighted by Crippen LogP contribution is -2.15. The molecule has 1 aliphatic carbocycles. The van der Waals surface area contributed by atoms with Crippen LogP contribution in [0.25, 0.3) is 38.6 Å². The second kappa shape index (κ2) is 8.07. The molecule has 5 aromatic carbocycles. The molecule has 0 spiro atoms. The molecule has 1 heterocycles. The van der Waals surface area contributed by atoms with Gasteiger partial charge in [0, 0.05) is 25.4 Å². The highest BCUT2D eigenvalue weighted by atomic mass is 127. The molecule has 0 radical (unpaired) electrons. The van der Waals surface area contributed by atoms with Crippen molar-refractivity contribution >= 4 is 44.4 Å². The van der Waals surface area contributed by atoms with Crippen molar-refractivity contribution in [1.82, 2.24) is 4.57 Å². The van der Waals surface area contributed by atoms with Gasteiger partial charge in [0.15, 0.2) is 0 Å². The van der Waals surface area contributed by atoms with Crippen molar-refractivity contribution in [2.75, 3.05) is 0 Å².